The standard InChI is InChI=1S/C10H15N3O9/c1-2-20-9(14)5-11-10(15)6-3-7(21-12(16)17)8(4-6)22-13(18)19/h6-8H,2-5H2,1H3,(H,11,15)/t6?,7-,8+. The molecule has 0 spiro atoms. The second-order valence-corrected chi connectivity index (χ2v) is 4.43. The Labute approximate surface area is 123 Å². The van der Waals surface area contributed by atoms with Gasteiger partial charge in [0.1, 0.15) is 18.8 Å². The second kappa shape index (κ2) is 7.95. The number of hydrogen-bond donors (Lipinski definition) is 1. The van der Waals surface area contributed by atoms with E-state index in [1.54, 1.807) is 6.92 Å². The first-order valence-electron chi connectivity index (χ1n) is 6.39. The van der Waals surface area contributed by atoms with Crippen molar-refractivity contribution in [2.45, 2.75) is 32.0 Å². The summed E-state index contributed by atoms with van der Waals surface area (Å²) in [5.41, 5.74) is 0. The summed E-state index contributed by atoms with van der Waals surface area (Å²) < 4.78 is 4.62. The van der Waals surface area contributed by atoms with Gasteiger partial charge in [0.05, 0.1) is 6.61 Å². The van der Waals surface area contributed by atoms with Crippen LogP contribution in [0.2, 0.25) is 0 Å². The van der Waals surface area contributed by atoms with Crippen LogP contribution >= 0.6 is 0 Å². The molecule has 1 unspecified atom stereocenters. The minimum atomic E-state index is -1.22. The predicted octanol–water partition coefficient (Wildman–Crippen LogP) is -0.770. The molecule has 0 radical (unpaired) electrons. The molecule has 0 saturated heterocycles. The fourth-order valence-corrected chi connectivity index (χ4v) is 2.13. The first-order chi connectivity index (χ1) is 10.3. The van der Waals surface area contributed by atoms with Gasteiger partial charge in [0.25, 0.3) is 10.2 Å². The van der Waals surface area contributed by atoms with E-state index in [0.717, 1.165) is 0 Å². The highest BCUT2D eigenvalue weighted by molar-refractivity contribution is 5.83. The van der Waals surface area contributed by atoms with Crippen molar-refractivity contribution >= 4 is 11.9 Å². The molecular weight excluding hydrogens is 306 g/mol. The zero-order valence-corrected chi connectivity index (χ0v) is 11.6. The van der Waals surface area contributed by atoms with Crippen molar-refractivity contribution < 1.29 is 34.2 Å². The van der Waals surface area contributed by atoms with Crippen molar-refractivity contribution in [2.75, 3.05) is 13.2 Å². The molecular formula is C10H15N3O9. The van der Waals surface area contributed by atoms with Crippen LogP contribution in [0.15, 0.2) is 0 Å². The zero-order chi connectivity index (χ0) is 16.7. The van der Waals surface area contributed by atoms with Crippen LogP contribution in [0.1, 0.15) is 19.8 Å². The minimum Gasteiger partial charge on any atom is -0.465 e. The Kier molecular flexibility index (Phi) is 6.28. The molecule has 1 saturated carbocycles. The fourth-order valence-electron chi connectivity index (χ4n) is 2.13. The zero-order valence-electron chi connectivity index (χ0n) is 11.6. The molecule has 0 heterocycles. The van der Waals surface area contributed by atoms with E-state index in [1.165, 1.54) is 0 Å². The van der Waals surface area contributed by atoms with Crippen molar-refractivity contribution in [1.82, 2.24) is 5.32 Å². The van der Waals surface area contributed by atoms with E-state index in [0.29, 0.717) is 0 Å². The molecule has 1 aliphatic carbocycles. The number of nitrogens with one attached hydrogen (secondary N) is 1. The van der Waals surface area contributed by atoms with Gasteiger partial charge in [-0.2, -0.15) is 0 Å². The van der Waals surface area contributed by atoms with Gasteiger partial charge in [0, 0.05) is 5.92 Å². The number of amides is 1. The summed E-state index contributed by atoms with van der Waals surface area (Å²) in [4.78, 5) is 52.2. The van der Waals surface area contributed by atoms with Gasteiger partial charge in [-0.15, -0.1) is 20.2 Å². The molecule has 0 aromatic rings. The lowest BCUT2D eigenvalue weighted by Gasteiger charge is -2.14. The summed E-state index contributed by atoms with van der Waals surface area (Å²) in [5, 5.41) is 20.8. The van der Waals surface area contributed by atoms with Crippen LogP contribution in [0.25, 0.3) is 0 Å². The molecule has 12 nitrogen and oxygen atoms in total. The van der Waals surface area contributed by atoms with Crippen LogP contribution in [-0.4, -0.2) is 47.4 Å². The van der Waals surface area contributed by atoms with Crippen LogP contribution in [0, 0.1) is 26.1 Å². The molecule has 1 N–H and O–H groups in total. The number of carbonyl (C=O) groups is 2. The van der Waals surface area contributed by atoms with E-state index < -0.39 is 40.2 Å². The molecule has 1 fully saturated rings. The number of rotatable bonds is 8. The lowest BCUT2D eigenvalue weighted by atomic mass is 10.1. The Morgan fingerprint density at radius 1 is 1.14 bits per heavy atom. The van der Waals surface area contributed by atoms with Gasteiger partial charge < -0.3 is 19.7 Å². The molecule has 0 bridgehead atoms. The van der Waals surface area contributed by atoms with Crippen molar-refractivity contribution in [1.29, 1.82) is 0 Å². The third-order valence-corrected chi connectivity index (χ3v) is 2.97. The lowest BCUT2D eigenvalue weighted by molar-refractivity contribution is -0.797. The quantitative estimate of drug-likeness (QED) is 0.344. The molecule has 12 heteroatoms. The average molecular weight is 321 g/mol. The maximum atomic E-state index is 11.8. The topological polar surface area (TPSA) is 160 Å². The number of esters is 1. The highest BCUT2D eigenvalue weighted by Crippen LogP contribution is 2.31. The van der Waals surface area contributed by atoms with Gasteiger partial charge in [0.15, 0.2) is 0 Å². The van der Waals surface area contributed by atoms with Crippen LogP contribution in [0.4, 0.5) is 0 Å². The van der Waals surface area contributed by atoms with Crippen molar-refractivity contribution in [3.05, 3.63) is 20.2 Å². The molecule has 1 rings (SSSR count). The molecule has 0 aliphatic heterocycles. The molecule has 1 aliphatic rings. The Balaban J connectivity index is 2.56. The summed E-state index contributed by atoms with van der Waals surface area (Å²) in [6.07, 6.45) is -2.71. The summed E-state index contributed by atoms with van der Waals surface area (Å²) in [5.74, 6) is -2.02. The highest BCUT2D eigenvalue weighted by Gasteiger charge is 2.42. The van der Waals surface area contributed by atoms with Gasteiger partial charge >= 0.3 is 5.97 Å². The second-order valence-electron chi connectivity index (χ2n) is 4.43. The summed E-state index contributed by atoms with van der Waals surface area (Å²) >= 11 is 0. The van der Waals surface area contributed by atoms with Gasteiger partial charge in [-0.25, -0.2) is 0 Å². The third-order valence-electron chi connectivity index (χ3n) is 2.97. The van der Waals surface area contributed by atoms with E-state index in [1.807, 2.05) is 0 Å². The number of ether oxygens (including phenoxy) is 1. The smallest absolute Gasteiger partial charge is 0.325 e. The van der Waals surface area contributed by atoms with Gasteiger partial charge in [-0.3, -0.25) is 9.59 Å². The van der Waals surface area contributed by atoms with Crippen molar-refractivity contribution in [3.63, 3.8) is 0 Å². The van der Waals surface area contributed by atoms with Crippen LogP contribution in [-0.2, 0) is 24.0 Å². The molecule has 0 aromatic heterocycles. The number of hydrogen-bond acceptors (Lipinski definition) is 9. The van der Waals surface area contributed by atoms with E-state index >= 15 is 0 Å². The van der Waals surface area contributed by atoms with Crippen molar-refractivity contribution in [2.24, 2.45) is 5.92 Å². The van der Waals surface area contributed by atoms with E-state index in [4.69, 9.17) is 0 Å². The lowest BCUT2D eigenvalue weighted by Crippen LogP contribution is -2.35. The maximum Gasteiger partial charge on any atom is 0.325 e. The first-order valence-corrected chi connectivity index (χ1v) is 6.39. The molecule has 124 valence electrons. The SMILES string of the molecule is CCOC(=O)CNC(=O)C1C[C@H](O[N+](=O)[O-])[C@H](O[N+](=O)[O-])C1. The minimum absolute atomic E-state index is 0.131. The third kappa shape index (κ3) is 5.38. The van der Waals surface area contributed by atoms with E-state index in [2.05, 4.69) is 19.7 Å². The number of carbonyl (C=O) groups excluding carboxylic acids is 2. The maximum absolute atomic E-state index is 11.8. The summed E-state index contributed by atoms with van der Waals surface area (Å²) in [7, 11) is 0. The summed E-state index contributed by atoms with van der Waals surface area (Å²) in [6.45, 7) is 1.41. The van der Waals surface area contributed by atoms with E-state index in [-0.39, 0.29) is 26.0 Å². The molecule has 3 atom stereocenters. The molecule has 0 aromatic carbocycles. The predicted molar refractivity (Wildman–Crippen MR) is 66.1 cm³/mol. The van der Waals surface area contributed by atoms with Gasteiger partial charge in [-0.1, -0.05) is 0 Å². The van der Waals surface area contributed by atoms with Crippen LogP contribution < -0.4 is 5.32 Å². The van der Waals surface area contributed by atoms with E-state index in [9.17, 15) is 29.8 Å². The monoisotopic (exact) mass is 321 g/mol. The Bertz CT molecular complexity index is 431. The average Bonchev–Trinajstić information content (AvgIpc) is 2.78. The summed E-state index contributed by atoms with van der Waals surface area (Å²) in [6, 6.07) is 0. The van der Waals surface area contributed by atoms with Gasteiger partial charge in [0.2, 0.25) is 5.91 Å². The largest absolute Gasteiger partial charge is 0.465 e. The Morgan fingerprint density at radius 2 is 1.64 bits per heavy atom. The van der Waals surface area contributed by atoms with Crippen molar-refractivity contribution in [3.8, 4) is 0 Å². The first kappa shape index (κ1) is 17.4. The van der Waals surface area contributed by atoms with Crippen LogP contribution in [0.3, 0.4) is 0 Å². The fraction of sp³-hybridized carbons (Fsp3) is 0.800. The molecule has 22 heavy (non-hydrogen) atoms. The van der Waals surface area contributed by atoms with Gasteiger partial charge in [-0.05, 0) is 19.8 Å². The molecule has 1 amide bonds. The highest BCUT2D eigenvalue weighted by atomic mass is 17.0. The van der Waals surface area contributed by atoms with Crippen LogP contribution in [0.5, 0.6) is 0 Å². The number of nitrogens with zero attached hydrogens (tertiary/aromatic N) is 2. The Morgan fingerprint density at radius 3 is 2.05 bits per heavy atom. The Hall–Kier alpha value is -2.66. The normalized spacial score (nSPS) is 23.4.